The van der Waals surface area contributed by atoms with E-state index in [1.54, 1.807) is 60.8 Å². The molecule has 10 nitrogen and oxygen atoms in total. The fourth-order valence-corrected chi connectivity index (χ4v) is 4.09. The van der Waals surface area contributed by atoms with Crippen molar-refractivity contribution in [3.05, 3.63) is 78.4 Å². The van der Waals surface area contributed by atoms with Gasteiger partial charge in [0.2, 0.25) is 17.7 Å². The van der Waals surface area contributed by atoms with Crippen LogP contribution in [0, 0.1) is 19.8 Å². The number of nitrogens with zero attached hydrogens (tertiary/aromatic N) is 5. The van der Waals surface area contributed by atoms with E-state index in [9.17, 15) is 9.59 Å². The molecule has 2 aromatic heterocycles. The maximum Gasteiger partial charge on any atom is 0.238 e. The lowest BCUT2D eigenvalue weighted by atomic mass is 10.1. The van der Waals surface area contributed by atoms with E-state index in [-0.39, 0.29) is 18.2 Å². The number of amides is 2. The number of carbonyl (C=O) groups is 2. The van der Waals surface area contributed by atoms with E-state index in [1.165, 1.54) is 0 Å². The minimum atomic E-state index is -0.442. The molecule has 4 aromatic rings. The molecule has 10 heteroatoms. The largest absolute Gasteiger partial charge is 0.497 e. The number of rotatable bonds is 7. The molecule has 2 aromatic carbocycles. The van der Waals surface area contributed by atoms with E-state index in [4.69, 9.17) is 9.47 Å². The molecule has 1 aliphatic heterocycles. The van der Waals surface area contributed by atoms with Crippen molar-refractivity contribution in [1.29, 1.82) is 0 Å². The van der Waals surface area contributed by atoms with Crippen LogP contribution in [0.15, 0.2) is 67.0 Å². The first kappa shape index (κ1) is 24.0. The van der Waals surface area contributed by atoms with Crippen molar-refractivity contribution >= 4 is 23.2 Å². The molecule has 1 unspecified atom stereocenters. The Bertz CT molecular complexity index is 1420. The third kappa shape index (κ3) is 5.13. The Balaban J connectivity index is 1.17. The lowest BCUT2D eigenvalue weighted by Crippen LogP contribution is -2.28. The lowest BCUT2D eigenvalue weighted by Gasteiger charge is -2.17. The zero-order valence-corrected chi connectivity index (χ0v) is 20.7. The Morgan fingerprint density at radius 2 is 1.70 bits per heavy atom. The SMILES string of the molecule is COc1ccc(N2CC(C(=O)Nc3ccc(Oc4ccc(-n5cnc(C)c5C)nn4)cc3)CC2=O)cc1. The molecule has 5 rings (SSSR count). The van der Waals surface area contributed by atoms with Gasteiger partial charge >= 0.3 is 0 Å². The molecule has 0 radical (unpaired) electrons. The molecule has 2 amide bonds. The summed E-state index contributed by atoms with van der Waals surface area (Å²) in [7, 11) is 1.59. The van der Waals surface area contributed by atoms with Crippen molar-refractivity contribution in [1.82, 2.24) is 19.7 Å². The van der Waals surface area contributed by atoms with Gasteiger partial charge in [-0.3, -0.25) is 14.2 Å². The summed E-state index contributed by atoms with van der Waals surface area (Å²) in [6.07, 6.45) is 1.87. The van der Waals surface area contributed by atoms with Crippen LogP contribution < -0.4 is 19.7 Å². The number of aromatic nitrogens is 4. The second-order valence-corrected chi connectivity index (χ2v) is 8.73. The Hall–Kier alpha value is -4.73. The van der Waals surface area contributed by atoms with Crippen molar-refractivity contribution in [3.63, 3.8) is 0 Å². The van der Waals surface area contributed by atoms with Gasteiger partial charge in [0, 0.05) is 36.1 Å². The van der Waals surface area contributed by atoms with Gasteiger partial charge in [0.15, 0.2) is 5.82 Å². The third-order valence-electron chi connectivity index (χ3n) is 6.35. The number of hydrogen-bond donors (Lipinski definition) is 1. The summed E-state index contributed by atoms with van der Waals surface area (Å²) in [4.78, 5) is 31.2. The normalized spacial score (nSPS) is 15.1. The predicted octanol–water partition coefficient (Wildman–Crippen LogP) is 4.07. The van der Waals surface area contributed by atoms with E-state index in [0.29, 0.717) is 35.4 Å². The maximum atomic E-state index is 12.8. The van der Waals surface area contributed by atoms with Gasteiger partial charge in [0.25, 0.3) is 0 Å². The van der Waals surface area contributed by atoms with Crippen LogP contribution in [0.2, 0.25) is 0 Å². The Kier molecular flexibility index (Phi) is 6.55. The van der Waals surface area contributed by atoms with E-state index in [0.717, 1.165) is 17.1 Å². The Labute approximate surface area is 213 Å². The second kappa shape index (κ2) is 10.1. The number of aryl methyl sites for hydroxylation is 1. The summed E-state index contributed by atoms with van der Waals surface area (Å²) in [5.41, 5.74) is 3.29. The second-order valence-electron chi connectivity index (χ2n) is 8.73. The number of ether oxygens (including phenoxy) is 2. The summed E-state index contributed by atoms with van der Waals surface area (Å²) in [5, 5.41) is 11.2. The molecular formula is C27H26N6O4. The fourth-order valence-electron chi connectivity index (χ4n) is 4.09. The standard InChI is InChI=1S/C27H26N6O4/c1-17-18(2)33(16-28-17)24-12-13-25(31-30-24)37-23-8-4-20(5-9-23)29-27(35)19-14-26(34)32(15-19)21-6-10-22(36-3)11-7-21/h4-13,16,19H,14-15H2,1-3H3,(H,29,35). The average Bonchev–Trinajstić information content (AvgIpc) is 3.47. The molecule has 0 bridgehead atoms. The first-order valence-corrected chi connectivity index (χ1v) is 11.8. The number of carbonyl (C=O) groups excluding carboxylic acids is 2. The predicted molar refractivity (Wildman–Crippen MR) is 137 cm³/mol. The lowest BCUT2D eigenvalue weighted by molar-refractivity contribution is -0.122. The van der Waals surface area contributed by atoms with Gasteiger partial charge in [-0.15, -0.1) is 10.2 Å². The molecule has 1 atom stereocenters. The maximum absolute atomic E-state index is 12.8. The molecule has 3 heterocycles. The first-order chi connectivity index (χ1) is 17.9. The highest BCUT2D eigenvalue weighted by Crippen LogP contribution is 2.28. The third-order valence-corrected chi connectivity index (χ3v) is 6.35. The molecule has 0 spiro atoms. The van der Waals surface area contributed by atoms with Gasteiger partial charge < -0.3 is 19.7 Å². The molecule has 1 N–H and O–H groups in total. The number of methoxy groups -OCH3 is 1. The molecule has 188 valence electrons. The minimum absolute atomic E-state index is 0.0838. The van der Waals surface area contributed by atoms with Gasteiger partial charge in [0.05, 0.1) is 18.7 Å². The zero-order valence-electron chi connectivity index (χ0n) is 20.7. The van der Waals surface area contributed by atoms with E-state index in [1.807, 2.05) is 36.6 Å². The Morgan fingerprint density at radius 3 is 2.32 bits per heavy atom. The highest BCUT2D eigenvalue weighted by atomic mass is 16.5. The quantitative estimate of drug-likeness (QED) is 0.409. The van der Waals surface area contributed by atoms with Crippen LogP contribution in [0.3, 0.4) is 0 Å². The fraction of sp³-hybridized carbons (Fsp3) is 0.222. The van der Waals surface area contributed by atoms with Gasteiger partial charge in [-0.2, -0.15) is 0 Å². The van der Waals surface area contributed by atoms with Crippen LogP contribution in [0.1, 0.15) is 17.8 Å². The van der Waals surface area contributed by atoms with Crippen molar-refractivity contribution in [2.75, 3.05) is 23.9 Å². The molecule has 37 heavy (non-hydrogen) atoms. The Morgan fingerprint density at radius 1 is 0.973 bits per heavy atom. The van der Waals surface area contributed by atoms with Gasteiger partial charge in [-0.1, -0.05) is 0 Å². The summed E-state index contributed by atoms with van der Waals surface area (Å²) in [6.45, 7) is 4.23. The molecule has 1 saturated heterocycles. The van der Waals surface area contributed by atoms with E-state index in [2.05, 4.69) is 20.5 Å². The van der Waals surface area contributed by atoms with Crippen LogP contribution >= 0.6 is 0 Å². The minimum Gasteiger partial charge on any atom is -0.497 e. The van der Waals surface area contributed by atoms with Crippen LogP contribution in [-0.4, -0.2) is 45.2 Å². The van der Waals surface area contributed by atoms with Crippen LogP contribution in [-0.2, 0) is 9.59 Å². The monoisotopic (exact) mass is 498 g/mol. The zero-order chi connectivity index (χ0) is 25.9. The van der Waals surface area contributed by atoms with Crippen LogP contribution in [0.5, 0.6) is 17.4 Å². The van der Waals surface area contributed by atoms with Gasteiger partial charge in [-0.05, 0) is 68.4 Å². The highest BCUT2D eigenvalue weighted by Gasteiger charge is 2.35. The topological polar surface area (TPSA) is 111 Å². The van der Waals surface area contributed by atoms with Crippen LogP contribution in [0.25, 0.3) is 5.82 Å². The number of benzene rings is 2. The van der Waals surface area contributed by atoms with Crippen molar-refractivity contribution < 1.29 is 19.1 Å². The average molecular weight is 499 g/mol. The highest BCUT2D eigenvalue weighted by molar-refractivity contribution is 6.03. The summed E-state index contributed by atoms with van der Waals surface area (Å²) >= 11 is 0. The molecule has 1 aliphatic rings. The van der Waals surface area contributed by atoms with Crippen molar-refractivity contribution in [2.24, 2.45) is 5.92 Å². The van der Waals surface area contributed by atoms with Crippen molar-refractivity contribution in [2.45, 2.75) is 20.3 Å². The molecule has 0 saturated carbocycles. The summed E-state index contributed by atoms with van der Waals surface area (Å²) in [6, 6.07) is 17.7. The number of anilines is 2. The number of imidazole rings is 1. The van der Waals surface area contributed by atoms with Crippen molar-refractivity contribution in [3.8, 4) is 23.2 Å². The molecular weight excluding hydrogens is 472 g/mol. The molecule has 1 fully saturated rings. The van der Waals surface area contributed by atoms with Crippen LogP contribution in [0.4, 0.5) is 11.4 Å². The number of hydrogen-bond acceptors (Lipinski definition) is 7. The smallest absolute Gasteiger partial charge is 0.238 e. The van der Waals surface area contributed by atoms with Gasteiger partial charge in [0.1, 0.15) is 17.8 Å². The van der Waals surface area contributed by atoms with E-state index >= 15 is 0 Å². The summed E-state index contributed by atoms with van der Waals surface area (Å²) < 4.78 is 12.8. The molecule has 0 aliphatic carbocycles. The van der Waals surface area contributed by atoms with E-state index < -0.39 is 5.92 Å². The summed E-state index contributed by atoms with van der Waals surface area (Å²) in [5.74, 6) is 1.53. The number of nitrogens with one attached hydrogen (secondary N) is 1. The first-order valence-electron chi connectivity index (χ1n) is 11.8. The van der Waals surface area contributed by atoms with Gasteiger partial charge in [-0.25, -0.2) is 4.98 Å².